The van der Waals surface area contributed by atoms with Crippen LogP contribution in [0.5, 0.6) is 0 Å². The van der Waals surface area contributed by atoms with E-state index < -0.39 is 24.4 Å². The van der Waals surface area contributed by atoms with E-state index in [4.69, 9.17) is 0 Å². The number of fused-ring (bicyclic) bond motifs is 1. The smallest absolute Gasteiger partial charge is 0.179 e. The van der Waals surface area contributed by atoms with Gasteiger partial charge in [-0.1, -0.05) is 83.2 Å². The van der Waals surface area contributed by atoms with Crippen molar-refractivity contribution in [1.82, 2.24) is 4.57 Å². The molecule has 0 amide bonds. The number of nitrogens with zero attached hydrogens (tertiary/aromatic N) is 1. The van der Waals surface area contributed by atoms with Gasteiger partial charge in [-0.05, 0) is 17.2 Å². The SMILES string of the molecule is C[Si](C)(C)C1=C2CCN([Si](C)(C)C)C2=C([Si](C)(C)C)C1=O.[CH]1C=CC=C1.[Co]. The Labute approximate surface area is 180 Å². The normalized spacial score (nSPS) is 19.4. The molecule has 2 nitrogen and oxygen atoms in total. The Hall–Kier alpha value is -0.413. The van der Waals surface area contributed by atoms with Crippen LogP contribution in [0.3, 0.4) is 0 Å². The number of carbonyl (C=O) groups excluding carboxylic acids is 1. The maximum atomic E-state index is 13.2. The monoisotopic (exact) mass is 461 g/mol. The Morgan fingerprint density at radius 3 is 1.59 bits per heavy atom. The third-order valence-electron chi connectivity index (χ3n) is 5.00. The van der Waals surface area contributed by atoms with Crippen molar-refractivity contribution in [2.45, 2.75) is 65.3 Å². The second-order valence-corrected chi connectivity index (χ2v) is 25.3. The first-order valence-corrected chi connectivity index (χ1v) is 20.2. The number of rotatable bonds is 3. The summed E-state index contributed by atoms with van der Waals surface area (Å²) < 4.78 is 2.64. The van der Waals surface area contributed by atoms with Gasteiger partial charge in [0.25, 0.3) is 0 Å². The molecular weight excluding hydrogens is 425 g/mol. The molecule has 1 aliphatic heterocycles. The molecule has 0 saturated carbocycles. The summed E-state index contributed by atoms with van der Waals surface area (Å²) in [7, 11) is -4.63. The van der Waals surface area contributed by atoms with Crippen LogP contribution in [0.1, 0.15) is 6.42 Å². The molecule has 0 atom stereocenters. The van der Waals surface area contributed by atoms with E-state index in [0.29, 0.717) is 5.78 Å². The molecule has 1 fully saturated rings. The zero-order valence-electron chi connectivity index (χ0n) is 18.5. The van der Waals surface area contributed by atoms with Crippen LogP contribution in [-0.2, 0) is 21.6 Å². The summed E-state index contributed by atoms with van der Waals surface area (Å²) in [4.78, 5) is 13.2. The largest absolute Gasteiger partial charge is 0.397 e. The van der Waals surface area contributed by atoms with Crippen molar-refractivity contribution in [3.63, 3.8) is 0 Å². The third-order valence-corrected chi connectivity index (χ3v) is 11.1. The second-order valence-electron chi connectivity index (χ2n) is 10.4. The van der Waals surface area contributed by atoms with Crippen molar-refractivity contribution in [2.24, 2.45) is 0 Å². The second kappa shape index (κ2) is 8.53. The molecule has 152 valence electrons. The van der Waals surface area contributed by atoms with E-state index in [9.17, 15) is 4.79 Å². The van der Waals surface area contributed by atoms with Crippen molar-refractivity contribution in [2.75, 3.05) is 6.54 Å². The number of carbonyl (C=O) groups is 1. The molecule has 1 heterocycles. The van der Waals surface area contributed by atoms with Gasteiger partial charge < -0.3 is 4.57 Å². The molecule has 3 aliphatic rings. The van der Waals surface area contributed by atoms with Crippen molar-refractivity contribution < 1.29 is 21.6 Å². The Kier molecular flexibility index (Phi) is 7.78. The Morgan fingerprint density at radius 2 is 1.26 bits per heavy atom. The van der Waals surface area contributed by atoms with Crippen LogP contribution in [0, 0.1) is 6.42 Å². The van der Waals surface area contributed by atoms with Crippen LogP contribution in [0.25, 0.3) is 0 Å². The fourth-order valence-corrected chi connectivity index (χ4v) is 9.69. The Morgan fingerprint density at radius 1 is 0.778 bits per heavy atom. The van der Waals surface area contributed by atoms with Crippen LogP contribution in [0.15, 0.2) is 46.0 Å². The molecule has 27 heavy (non-hydrogen) atoms. The fraction of sp³-hybridized carbons (Fsp3) is 0.524. The number of allylic oxidation sites excluding steroid dienone is 7. The molecule has 0 N–H and O–H groups in total. The number of Topliss-reactive ketones (excluding diaryl/α,β-unsaturated/α-hetero) is 1. The van der Waals surface area contributed by atoms with Crippen LogP contribution < -0.4 is 0 Å². The topological polar surface area (TPSA) is 20.3 Å². The van der Waals surface area contributed by atoms with E-state index in [0.717, 1.165) is 13.0 Å². The van der Waals surface area contributed by atoms with Crippen LogP contribution >= 0.6 is 0 Å². The summed E-state index contributed by atoms with van der Waals surface area (Å²) in [5.41, 5.74) is 2.84. The number of hydrogen-bond donors (Lipinski definition) is 0. The zero-order valence-corrected chi connectivity index (χ0v) is 22.5. The van der Waals surface area contributed by atoms with Crippen LogP contribution in [-0.4, -0.2) is 41.3 Å². The standard InChI is InChI=1S/C16H31NOSi3.C5H5.Co/c1-19(2,3)15-12-10-11-17(21(7,8)9)13(12)16(14(15)18)20(4,5)6;1-2-4-5-3-1;/h10-11H2,1-9H3;1-5H;. The molecule has 3 rings (SSSR count). The predicted octanol–water partition coefficient (Wildman–Crippen LogP) is 5.73. The molecule has 0 unspecified atom stereocenters. The van der Waals surface area contributed by atoms with Gasteiger partial charge in [-0.15, -0.1) is 0 Å². The molecule has 0 bridgehead atoms. The van der Waals surface area contributed by atoms with Gasteiger partial charge in [0.05, 0.1) is 16.1 Å². The molecular formula is C21H36CoNOSi3. The average Bonchev–Trinajstić information content (AvgIpc) is 3.09. The van der Waals surface area contributed by atoms with E-state index >= 15 is 0 Å². The van der Waals surface area contributed by atoms with E-state index in [-0.39, 0.29) is 16.8 Å². The average molecular weight is 462 g/mol. The minimum Gasteiger partial charge on any atom is -0.397 e. The minimum absolute atomic E-state index is 0. The molecule has 0 spiro atoms. The van der Waals surface area contributed by atoms with Gasteiger partial charge in [0.1, 0.15) is 8.24 Å². The van der Waals surface area contributed by atoms with Gasteiger partial charge >= 0.3 is 0 Å². The summed E-state index contributed by atoms with van der Waals surface area (Å²) in [5.74, 6) is 0.432. The first-order chi connectivity index (χ1) is 11.8. The third kappa shape index (κ3) is 5.35. The van der Waals surface area contributed by atoms with Crippen LogP contribution in [0.2, 0.25) is 58.9 Å². The van der Waals surface area contributed by atoms with E-state index in [1.807, 2.05) is 30.7 Å². The minimum atomic E-state index is -1.62. The Balaban J connectivity index is 0.000000526. The van der Waals surface area contributed by atoms with Gasteiger partial charge in [0.15, 0.2) is 5.78 Å². The predicted molar refractivity (Wildman–Crippen MR) is 123 cm³/mol. The van der Waals surface area contributed by atoms with Gasteiger partial charge in [-0.2, -0.15) is 0 Å². The van der Waals surface area contributed by atoms with Crippen molar-refractivity contribution in [1.29, 1.82) is 0 Å². The van der Waals surface area contributed by atoms with Gasteiger partial charge in [0.2, 0.25) is 0 Å². The zero-order chi connectivity index (χ0) is 19.9. The fourth-order valence-electron chi connectivity index (χ4n) is 4.00. The van der Waals surface area contributed by atoms with Crippen molar-refractivity contribution in [3.05, 3.63) is 52.4 Å². The summed E-state index contributed by atoms with van der Waals surface area (Å²) in [6.07, 6.45) is 11.1. The first kappa shape index (κ1) is 24.6. The Bertz CT molecular complexity index is 703. The number of ketones is 1. The van der Waals surface area contributed by atoms with Gasteiger partial charge in [0, 0.05) is 40.6 Å². The molecule has 2 radical (unpaired) electrons. The molecule has 6 heteroatoms. The van der Waals surface area contributed by atoms with Gasteiger partial charge in [-0.25, -0.2) is 0 Å². The number of hydrogen-bond acceptors (Lipinski definition) is 2. The quantitative estimate of drug-likeness (QED) is 0.500. The summed E-state index contributed by atoms with van der Waals surface area (Å²) in [5, 5.41) is 2.48. The molecule has 2 aliphatic carbocycles. The van der Waals surface area contributed by atoms with Crippen molar-refractivity contribution >= 4 is 30.2 Å². The summed E-state index contributed by atoms with van der Waals surface area (Å²) in [6, 6.07) is 0. The molecule has 0 aromatic heterocycles. The summed E-state index contributed by atoms with van der Waals surface area (Å²) in [6.45, 7) is 22.3. The van der Waals surface area contributed by atoms with E-state index in [1.165, 1.54) is 21.7 Å². The first-order valence-electron chi connectivity index (χ1n) is 9.74. The van der Waals surface area contributed by atoms with E-state index in [2.05, 4.69) is 63.5 Å². The maximum absolute atomic E-state index is 13.2. The van der Waals surface area contributed by atoms with Crippen molar-refractivity contribution in [3.8, 4) is 0 Å². The van der Waals surface area contributed by atoms with E-state index in [1.54, 1.807) is 0 Å². The maximum Gasteiger partial charge on any atom is 0.179 e. The molecule has 0 aromatic rings. The molecule has 0 aromatic carbocycles. The van der Waals surface area contributed by atoms with Gasteiger partial charge in [-0.3, -0.25) is 4.79 Å². The van der Waals surface area contributed by atoms with Crippen LogP contribution in [0.4, 0.5) is 0 Å². The molecule has 1 saturated heterocycles. The summed E-state index contributed by atoms with van der Waals surface area (Å²) >= 11 is 0.